The molecule has 1 saturated carbocycles. The summed E-state index contributed by atoms with van der Waals surface area (Å²) in [5.74, 6) is 0.314. The molecule has 0 saturated heterocycles. The molecule has 0 bridgehead atoms. The first-order chi connectivity index (χ1) is 9.85. The average molecular weight is 314 g/mol. The molecule has 1 aliphatic carbocycles. The summed E-state index contributed by atoms with van der Waals surface area (Å²) in [5.41, 5.74) is 0.696. The zero-order valence-electron chi connectivity index (χ0n) is 13.1. The van der Waals surface area contributed by atoms with E-state index in [-0.39, 0.29) is 10.6 Å². The number of benzene rings is 1. The van der Waals surface area contributed by atoms with Crippen LogP contribution in [-0.4, -0.2) is 35.7 Å². The van der Waals surface area contributed by atoms with Gasteiger partial charge in [0.1, 0.15) is 5.82 Å². The fourth-order valence-corrected chi connectivity index (χ4v) is 3.62. The summed E-state index contributed by atoms with van der Waals surface area (Å²) in [6, 6.07) is 4.70. The Bertz CT molecular complexity index is 484. The Morgan fingerprint density at radius 2 is 2.00 bits per heavy atom. The SMILES string of the molecule is CC1CCC(C(O)Cc2ccc(F)c(Cl)c2)(N(C)C)CC1. The highest BCUT2D eigenvalue weighted by Crippen LogP contribution is 2.38. The third-order valence-corrected chi connectivity index (χ3v) is 5.35. The molecule has 0 heterocycles. The minimum absolute atomic E-state index is 0.121. The van der Waals surface area contributed by atoms with E-state index >= 15 is 0 Å². The lowest BCUT2D eigenvalue weighted by Crippen LogP contribution is -2.56. The first kappa shape index (κ1) is 16.7. The van der Waals surface area contributed by atoms with Crippen molar-refractivity contribution in [1.29, 1.82) is 0 Å². The largest absolute Gasteiger partial charge is 0.391 e. The minimum atomic E-state index is -0.471. The molecule has 4 heteroatoms. The maximum absolute atomic E-state index is 13.2. The fraction of sp³-hybridized carbons (Fsp3) is 0.647. The van der Waals surface area contributed by atoms with Crippen LogP contribution in [0.25, 0.3) is 0 Å². The number of aliphatic hydroxyl groups is 1. The maximum Gasteiger partial charge on any atom is 0.141 e. The first-order valence-electron chi connectivity index (χ1n) is 7.64. The maximum atomic E-state index is 13.2. The molecule has 1 aromatic carbocycles. The van der Waals surface area contributed by atoms with Gasteiger partial charge in [0.15, 0.2) is 0 Å². The number of hydrogen-bond donors (Lipinski definition) is 1. The van der Waals surface area contributed by atoms with E-state index in [1.807, 2.05) is 14.1 Å². The molecule has 1 fully saturated rings. The van der Waals surface area contributed by atoms with Crippen molar-refractivity contribution < 1.29 is 9.50 Å². The van der Waals surface area contributed by atoms with Crippen LogP contribution in [0.5, 0.6) is 0 Å². The van der Waals surface area contributed by atoms with E-state index in [4.69, 9.17) is 11.6 Å². The van der Waals surface area contributed by atoms with Gasteiger partial charge in [0.25, 0.3) is 0 Å². The highest BCUT2D eigenvalue weighted by molar-refractivity contribution is 6.30. The van der Waals surface area contributed by atoms with Crippen LogP contribution in [0.1, 0.15) is 38.2 Å². The second-order valence-electron chi connectivity index (χ2n) is 6.65. The van der Waals surface area contributed by atoms with E-state index in [0.29, 0.717) is 6.42 Å². The molecular weight excluding hydrogens is 289 g/mol. The Kier molecular flexibility index (Phi) is 5.29. The van der Waals surface area contributed by atoms with Gasteiger partial charge in [-0.1, -0.05) is 24.6 Å². The number of halogens is 2. The van der Waals surface area contributed by atoms with Crippen LogP contribution in [0, 0.1) is 11.7 Å². The summed E-state index contributed by atoms with van der Waals surface area (Å²) in [4.78, 5) is 2.16. The number of nitrogens with zero attached hydrogens (tertiary/aromatic N) is 1. The highest BCUT2D eigenvalue weighted by Gasteiger charge is 2.42. The number of likely N-dealkylation sites (N-methyl/N-ethyl adjacent to an activating group) is 1. The molecule has 1 aromatic rings. The van der Waals surface area contributed by atoms with Gasteiger partial charge in [-0.2, -0.15) is 0 Å². The molecule has 0 spiro atoms. The topological polar surface area (TPSA) is 23.5 Å². The van der Waals surface area contributed by atoms with Gasteiger partial charge < -0.3 is 10.0 Å². The molecule has 0 aromatic heterocycles. The fourth-order valence-electron chi connectivity index (χ4n) is 3.42. The lowest BCUT2D eigenvalue weighted by atomic mass is 9.72. The molecule has 21 heavy (non-hydrogen) atoms. The van der Waals surface area contributed by atoms with Crippen LogP contribution in [-0.2, 0) is 6.42 Å². The van der Waals surface area contributed by atoms with Gasteiger partial charge in [0.05, 0.1) is 11.1 Å². The summed E-state index contributed by atoms with van der Waals surface area (Å²) in [6.07, 6.45) is 4.31. The van der Waals surface area contributed by atoms with Crippen LogP contribution in [0.3, 0.4) is 0 Å². The van der Waals surface area contributed by atoms with Gasteiger partial charge >= 0.3 is 0 Å². The third kappa shape index (κ3) is 3.58. The quantitative estimate of drug-likeness (QED) is 0.911. The second-order valence-corrected chi connectivity index (χ2v) is 7.06. The van der Waals surface area contributed by atoms with Crippen molar-refractivity contribution in [2.45, 2.75) is 50.7 Å². The van der Waals surface area contributed by atoms with E-state index in [1.165, 1.54) is 6.07 Å². The predicted molar refractivity (Wildman–Crippen MR) is 85.2 cm³/mol. The van der Waals surface area contributed by atoms with Gasteiger partial charge in [-0.15, -0.1) is 0 Å². The van der Waals surface area contributed by atoms with Crippen molar-refractivity contribution in [3.05, 3.63) is 34.6 Å². The zero-order chi connectivity index (χ0) is 15.6. The summed E-state index contributed by atoms with van der Waals surface area (Å²) in [7, 11) is 4.08. The van der Waals surface area contributed by atoms with Crippen molar-refractivity contribution in [2.75, 3.05) is 14.1 Å². The molecule has 0 amide bonds. The molecule has 1 N–H and O–H groups in total. The van der Waals surface area contributed by atoms with E-state index in [2.05, 4.69) is 11.8 Å². The van der Waals surface area contributed by atoms with Gasteiger partial charge in [-0.25, -0.2) is 4.39 Å². The smallest absolute Gasteiger partial charge is 0.141 e. The molecule has 2 rings (SSSR count). The zero-order valence-corrected chi connectivity index (χ0v) is 13.8. The lowest BCUT2D eigenvalue weighted by molar-refractivity contribution is -0.0382. The normalized spacial score (nSPS) is 27.9. The molecule has 2 nitrogen and oxygen atoms in total. The van der Waals surface area contributed by atoms with E-state index < -0.39 is 11.9 Å². The monoisotopic (exact) mass is 313 g/mol. The number of hydrogen-bond acceptors (Lipinski definition) is 2. The molecular formula is C17H25ClFNO. The summed E-state index contributed by atoms with van der Waals surface area (Å²) >= 11 is 5.83. The average Bonchev–Trinajstić information content (AvgIpc) is 2.43. The lowest BCUT2D eigenvalue weighted by Gasteiger charge is -2.47. The van der Waals surface area contributed by atoms with E-state index in [0.717, 1.165) is 37.2 Å². The molecule has 1 unspecified atom stereocenters. The summed E-state index contributed by atoms with van der Waals surface area (Å²) in [6.45, 7) is 2.27. The third-order valence-electron chi connectivity index (χ3n) is 5.06. The van der Waals surface area contributed by atoms with Gasteiger partial charge in [0, 0.05) is 12.0 Å². The van der Waals surface area contributed by atoms with Crippen molar-refractivity contribution in [3.8, 4) is 0 Å². The van der Waals surface area contributed by atoms with Crippen LogP contribution in [0.15, 0.2) is 18.2 Å². The molecule has 1 atom stereocenters. The van der Waals surface area contributed by atoms with Gasteiger partial charge in [-0.3, -0.25) is 0 Å². The first-order valence-corrected chi connectivity index (χ1v) is 8.02. The van der Waals surface area contributed by atoms with Crippen molar-refractivity contribution in [2.24, 2.45) is 5.92 Å². The Balaban J connectivity index is 2.15. The van der Waals surface area contributed by atoms with Gasteiger partial charge in [0.2, 0.25) is 0 Å². The molecule has 1 aliphatic rings. The van der Waals surface area contributed by atoms with Crippen molar-refractivity contribution in [1.82, 2.24) is 4.90 Å². The molecule has 0 radical (unpaired) electrons. The molecule has 0 aliphatic heterocycles. The van der Waals surface area contributed by atoms with Crippen molar-refractivity contribution in [3.63, 3.8) is 0 Å². The Labute approximate surface area is 131 Å². The highest BCUT2D eigenvalue weighted by atomic mass is 35.5. The molecule has 118 valence electrons. The summed E-state index contributed by atoms with van der Waals surface area (Å²) < 4.78 is 13.2. The minimum Gasteiger partial charge on any atom is -0.391 e. The number of rotatable bonds is 4. The summed E-state index contributed by atoms with van der Waals surface area (Å²) in [5, 5.41) is 10.9. The number of aliphatic hydroxyl groups excluding tert-OH is 1. The van der Waals surface area contributed by atoms with Crippen LogP contribution >= 0.6 is 11.6 Å². The van der Waals surface area contributed by atoms with Crippen LogP contribution in [0.4, 0.5) is 4.39 Å². The van der Waals surface area contributed by atoms with E-state index in [9.17, 15) is 9.50 Å². The van der Waals surface area contributed by atoms with Crippen LogP contribution in [0.2, 0.25) is 5.02 Å². The Hall–Kier alpha value is -0.640. The van der Waals surface area contributed by atoms with Crippen LogP contribution < -0.4 is 0 Å². The van der Waals surface area contributed by atoms with Crippen molar-refractivity contribution >= 4 is 11.6 Å². The predicted octanol–water partition coefficient (Wildman–Crippen LogP) is 3.89. The second kappa shape index (κ2) is 6.64. The standard InChI is InChI=1S/C17H25ClFNO/c1-12-6-8-17(9-7-12,20(2)3)16(21)11-13-4-5-15(19)14(18)10-13/h4-5,10,12,16,21H,6-9,11H2,1-3H3. The van der Waals surface area contributed by atoms with E-state index in [1.54, 1.807) is 12.1 Å². The Morgan fingerprint density at radius 3 is 2.52 bits per heavy atom. The van der Waals surface area contributed by atoms with Gasteiger partial charge in [-0.05, 0) is 63.4 Å². The Morgan fingerprint density at radius 1 is 1.38 bits per heavy atom.